The largest absolute Gasteiger partial charge is 0.303 e. The minimum Gasteiger partial charge on any atom is -0.303 e. The molecule has 0 amide bonds. The maximum atomic E-state index is 12.6. The monoisotopic (exact) mass is 262 g/mol. The molecule has 0 radical (unpaired) electrons. The zero-order valence-corrected chi connectivity index (χ0v) is 11.2. The van der Waals surface area contributed by atoms with Crippen molar-refractivity contribution in [2.24, 2.45) is 0 Å². The van der Waals surface area contributed by atoms with Gasteiger partial charge < -0.3 is 4.79 Å². The molecule has 0 aromatic heterocycles. The summed E-state index contributed by atoms with van der Waals surface area (Å²) in [4.78, 5) is 23.5. The van der Waals surface area contributed by atoms with Crippen molar-refractivity contribution in [3.63, 3.8) is 0 Å². The fourth-order valence-corrected chi connectivity index (χ4v) is 2.46. The molecule has 0 saturated heterocycles. The first-order valence-corrected chi connectivity index (χ1v) is 6.62. The number of fused-ring (bicyclic) bond motifs is 2. The lowest BCUT2D eigenvalue weighted by molar-refractivity contribution is -0.108. The Bertz CT molecular complexity index is 866. The highest BCUT2D eigenvalue weighted by atomic mass is 16.1. The molecule has 2 heteroatoms. The second kappa shape index (κ2) is 4.89. The van der Waals surface area contributed by atoms with Crippen LogP contribution < -0.4 is 5.43 Å². The van der Waals surface area contributed by atoms with Crippen molar-refractivity contribution in [3.05, 3.63) is 70.4 Å². The summed E-state index contributed by atoms with van der Waals surface area (Å²) in [5, 5.41) is 3.21. The highest BCUT2D eigenvalue weighted by molar-refractivity contribution is 5.93. The lowest BCUT2D eigenvalue weighted by Crippen LogP contribution is -1.99. The molecule has 3 aromatic rings. The van der Waals surface area contributed by atoms with E-state index in [2.05, 4.69) is 0 Å². The van der Waals surface area contributed by atoms with Crippen LogP contribution >= 0.6 is 0 Å². The van der Waals surface area contributed by atoms with Crippen LogP contribution in [0.1, 0.15) is 18.4 Å². The van der Waals surface area contributed by atoms with Crippen molar-refractivity contribution in [2.45, 2.75) is 12.8 Å². The van der Waals surface area contributed by atoms with Crippen LogP contribution in [0.4, 0.5) is 0 Å². The van der Waals surface area contributed by atoms with Crippen molar-refractivity contribution in [3.8, 4) is 0 Å². The first-order valence-electron chi connectivity index (χ1n) is 6.62. The van der Waals surface area contributed by atoms with Gasteiger partial charge in [0.05, 0.1) is 0 Å². The maximum absolute atomic E-state index is 12.6. The number of carbonyl (C=O) groups excluding carboxylic acids is 1. The highest BCUT2D eigenvalue weighted by Gasteiger charge is 2.06. The van der Waals surface area contributed by atoms with Gasteiger partial charge in [0.15, 0.2) is 5.43 Å². The van der Waals surface area contributed by atoms with Crippen LogP contribution in [0.25, 0.3) is 21.5 Å². The Morgan fingerprint density at radius 1 is 0.900 bits per heavy atom. The summed E-state index contributed by atoms with van der Waals surface area (Å²) in [7, 11) is 0. The summed E-state index contributed by atoms with van der Waals surface area (Å²) in [6, 6.07) is 17.1. The molecule has 0 aliphatic rings. The second-order valence-electron chi connectivity index (χ2n) is 5.02. The minimum atomic E-state index is -0.158. The lowest BCUT2D eigenvalue weighted by atomic mass is 10.00. The number of carbonyl (C=O) groups is 1. The fourth-order valence-electron chi connectivity index (χ4n) is 2.46. The molecule has 0 aliphatic carbocycles. The quantitative estimate of drug-likeness (QED) is 0.660. The molecule has 0 aliphatic heterocycles. The van der Waals surface area contributed by atoms with Crippen LogP contribution in [0.5, 0.6) is 0 Å². The Hall–Kier alpha value is -2.48. The molecule has 2 nitrogen and oxygen atoms in total. The number of hydrogen-bond acceptors (Lipinski definition) is 2. The van der Waals surface area contributed by atoms with E-state index in [-0.39, 0.29) is 11.3 Å². The smallest absolute Gasteiger partial charge is 0.194 e. The standard InChI is InChI=1S/C18H14O2/c1-12(11-19)14-8-9-17-15(10-14)7-6-13-4-2-3-5-16(13)18(17)20/h2-12H,1H3. The third-order valence-corrected chi connectivity index (χ3v) is 3.70. The minimum absolute atomic E-state index is 0.0332. The van der Waals surface area contributed by atoms with Crippen molar-refractivity contribution < 1.29 is 4.79 Å². The molecule has 0 N–H and O–H groups in total. The number of hydrogen-bond donors (Lipinski definition) is 0. The predicted octanol–water partition coefficient (Wildman–Crippen LogP) is 3.66. The van der Waals surface area contributed by atoms with Gasteiger partial charge in [0, 0.05) is 16.7 Å². The first kappa shape index (κ1) is 12.5. The molecular weight excluding hydrogens is 248 g/mol. The Morgan fingerprint density at radius 2 is 1.60 bits per heavy atom. The molecule has 0 saturated carbocycles. The van der Waals surface area contributed by atoms with Gasteiger partial charge in [0.2, 0.25) is 0 Å². The summed E-state index contributed by atoms with van der Waals surface area (Å²) in [6.45, 7) is 1.85. The molecule has 98 valence electrons. The van der Waals surface area contributed by atoms with Gasteiger partial charge in [-0.3, -0.25) is 4.79 Å². The molecule has 3 rings (SSSR count). The van der Waals surface area contributed by atoms with E-state index in [0.717, 1.165) is 28.0 Å². The van der Waals surface area contributed by atoms with Gasteiger partial charge in [-0.2, -0.15) is 0 Å². The molecule has 20 heavy (non-hydrogen) atoms. The van der Waals surface area contributed by atoms with E-state index >= 15 is 0 Å². The highest BCUT2D eigenvalue weighted by Crippen LogP contribution is 2.20. The van der Waals surface area contributed by atoms with Crippen molar-refractivity contribution in [1.29, 1.82) is 0 Å². The van der Waals surface area contributed by atoms with Crippen molar-refractivity contribution in [2.75, 3.05) is 0 Å². The summed E-state index contributed by atoms with van der Waals surface area (Å²) >= 11 is 0. The first-order chi connectivity index (χ1) is 9.70. The lowest BCUT2D eigenvalue weighted by Gasteiger charge is -2.04. The molecule has 1 atom stereocenters. The molecule has 3 aromatic carbocycles. The SMILES string of the molecule is CC(C=O)c1ccc2c(=O)c3ccccc3ccc2c1. The zero-order valence-electron chi connectivity index (χ0n) is 11.2. The predicted molar refractivity (Wildman–Crippen MR) is 82.2 cm³/mol. The molecule has 0 fully saturated rings. The van der Waals surface area contributed by atoms with E-state index in [1.165, 1.54) is 0 Å². The Labute approximate surface area is 116 Å². The van der Waals surface area contributed by atoms with E-state index in [1.54, 1.807) is 0 Å². The Kier molecular flexibility index (Phi) is 3.07. The van der Waals surface area contributed by atoms with Gasteiger partial charge in [-0.05, 0) is 16.3 Å². The van der Waals surface area contributed by atoms with Crippen molar-refractivity contribution >= 4 is 27.8 Å². The van der Waals surface area contributed by atoms with E-state index < -0.39 is 0 Å². The van der Waals surface area contributed by atoms with Crippen LogP contribution in [0.15, 0.2) is 59.4 Å². The van der Waals surface area contributed by atoms with E-state index in [9.17, 15) is 9.59 Å². The van der Waals surface area contributed by atoms with Crippen LogP contribution in [-0.4, -0.2) is 6.29 Å². The number of rotatable bonds is 2. The molecular formula is C18H14O2. The summed E-state index contributed by atoms with van der Waals surface area (Å²) in [5.41, 5.74) is 0.966. The maximum Gasteiger partial charge on any atom is 0.194 e. The Balaban J connectivity index is 2.41. The van der Waals surface area contributed by atoms with Gasteiger partial charge in [-0.1, -0.05) is 61.5 Å². The Morgan fingerprint density at radius 3 is 2.40 bits per heavy atom. The van der Waals surface area contributed by atoms with Crippen LogP contribution in [0.3, 0.4) is 0 Å². The topological polar surface area (TPSA) is 34.1 Å². The van der Waals surface area contributed by atoms with Gasteiger partial charge in [0.25, 0.3) is 0 Å². The van der Waals surface area contributed by atoms with Gasteiger partial charge >= 0.3 is 0 Å². The normalized spacial score (nSPS) is 12.4. The second-order valence-corrected chi connectivity index (χ2v) is 5.02. The van der Waals surface area contributed by atoms with Crippen LogP contribution in [-0.2, 0) is 4.79 Å². The van der Waals surface area contributed by atoms with Gasteiger partial charge in [-0.15, -0.1) is 0 Å². The van der Waals surface area contributed by atoms with Crippen LogP contribution in [0, 0.1) is 0 Å². The van der Waals surface area contributed by atoms with Crippen molar-refractivity contribution in [1.82, 2.24) is 0 Å². The van der Waals surface area contributed by atoms with E-state index in [4.69, 9.17) is 0 Å². The summed E-state index contributed by atoms with van der Waals surface area (Å²) < 4.78 is 0. The van der Waals surface area contributed by atoms with Crippen LogP contribution in [0.2, 0.25) is 0 Å². The number of benzene rings is 2. The fraction of sp³-hybridized carbons (Fsp3) is 0.111. The molecule has 1 unspecified atom stereocenters. The van der Waals surface area contributed by atoms with E-state index in [1.807, 2.05) is 61.5 Å². The number of aldehydes is 1. The van der Waals surface area contributed by atoms with Gasteiger partial charge in [-0.25, -0.2) is 0 Å². The third-order valence-electron chi connectivity index (χ3n) is 3.70. The molecule has 0 bridgehead atoms. The van der Waals surface area contributed by atoms with Gasteiger partial charge in [0.1, 0.15) is 6.29 Å². The summed E-state index contributed by atoms with van der Waals surface area (Å²) in [6.07, 6.45) is 0.915. The zero-order chi connectivity index (χ0) is 14.1. The third kappa shape index (κ3) is 1.99. The summed E-state index contributed by atoms with van der Waals surface area (Å²) in [5.74, 6) is -0.158. The molecule has 0 spiro atoms. The average molecular weight is 262 g/mol. The average Bonchev–Trinajstić information content (AvgIpc) is 2.64. The molecule has 0 heterocycles. The van der Waals surface area contributed by atoms with E-state index in [0.29, 0.717) is 5.39 Å².